The van der Waals surface area contributed by atoms with Crippen LogP contribution in [0.3, 0.4) is 0 Å². The quantitative estimate of drug-likeness (QED) is 0.388. The lowest BCUT2D eigenvalue weighted by molar-refractivity contribution is -0.116. The van der Waals surface area contributed by atoms with Crippen molar-refractivity contribution >= 4 is 11.6 Å². The average molecular weight is 418 g/mol. The fourth-order valence-electron chi connectivity index (χ4n) is 3.37. The molecule has 0 unspecified atom stereocenters. The van der Waals surface area contributed by atoms with Crippen molar-refractivity contribution in [1.29, 1.82) is 0 Å². The Kier molecular flexibility index (Phi) is 10.8. The van der Waals surface area contributed by atoms with Gasteiger partial charge in [-0.05, 0) is 30.7 Å². The van der Waals surface area contributed by atoms with E-state index in [2.05, 4.69) is 17.3 Å². The minimum atomic E-state index is -0.625. The van der Waals surface area contributed by atoms with Crippen molar-refractivity contribution in [3.63, 3.8) is 0 Å². The first-order valence-corrected chi connectivity index (χ1v) is 11.2. The van der Waals surface area contributed by atoms with E-state index in [-0.39, 0.29) is 12.0 Å². The van der Waals surface area contributed by atoms with Crippen LogP contribution >= 0.6 is 0 Å². The molecule has 0 spiro atoms. The molecule has 1 amide bonds. The highest BCUT2D eigenvalue weighted by Gasteiger charge is 2.10. The largest absolute Gasteiger partial charge is 0.452 e. The molecule has 1 N–H and O–H groups in total. The van der Waals surface area contributed by atoms with Gasteiger partial charge in [-0.2, -0.15) is 4.68 Å². The first-order valence-electron chi connectivity index (χ1n) is 11.2. The molecule has 0 atom stereocenters. The Labute approximate surface area is 178 Å². The molecule has 1 aromatic carbocycles. The van der Waals surface area contributed by atoms with Crippen molar-refractivity contribution in [3.8, 4) is 11.8 Å². The normalized spacial score (nSPS) is 10.9. The fourth-order valence-corrected chi connectivity index (χ4v) is 3.37. The maximum atomic E-state index is 12.1. The zero-order valence-corrected chi connectivity index (χ0v) is 18.3. The topological polar surface area (TPSA) is 86.4 Å². The van der Waals surface area contributed by atoms with Crippen LogP contribution in [0.1, 0.15) is 84.0 Å². The molecule has 0 bridgehead atoms. The summed E-state index contributed by atoms with van der Waals surface area (Å²) in [5, 5.41) is 6.80. The van der Waals surface area contributed by atoms with E-state index in [9.17, 15) is 9.59 Å². The summed E-state index contributed by atoms with van der Waals surface area (Å²) < 4.78 is 10.7. The highest BCUT2D eigenvalue weighted by atomic mass is 16.6. The van der Waals surface area contributed by atoms with Gasteiger partial charge >= 0.3 is 11.8 Å². The third-order valence-electron chi connectivity index (χ3n) is 5.11. The number of hydrogen-bond acceptors (Lipinski definition) is 5. The molecule has 7 heteroatoms. The fraction of sp³-hybridized carbons (Fsp3) is 0.609. The second-order valence-corrected chi connectivity index (χ2v) is 7.63. The van der Waals surface area contributed by atoms with Gasteiger partial charge in [0.2, 0.25) is 5.91 Å². The van der Waals surface area contributed by atoms with Gasteiger partial charge in [0.1, 0.15) is 0 Å². The summed E-state index contributed by atoms with van der Waals surface area (Å²) in [5.41, 5.74) is 1.23. The number of anilines is 1. The molecule has 0 aliphatic heterocycles. The van der Waals surface area contributed by atoms with Crippen LogP contribution < -0.4 is 15.8 Å². The van der Waals surface area contributed by atoms with Gasteiger partial charge in [0.25, 0.3) is 0 Å². The Bertz CT molecular complexity index is 796. The summed E-state index contributed by atoms with van der Waals surface area (Å²) in [6, 6.07) is 6.87. The van der Waals surface area contributed by atoms with Crippen LogP contribution in [0.15, 0.2) is 33.5 Å². The van der Waals surface area contributed by atoms with Gasteiger partial charge in [0, 0.05) is 12.1 Å². The Hall–Kier alpha value is -2.57. The van der Waals surface area contributed by atoms with Crippen LogP contribution in [-0.2, 0) is 4.79 Å². The van der Waals surface area contributed by atoms with Crippen molar-refractivity contribution in [2.75, 3.05) is 12.4 Å². The highest BCUT2D eigenvalue weighted by molar-refractivity contribution is 5.90. The Morgan fingerprint density at radius 1 is 0.967 bits per heavy atom. The molecule has 30 heavy (non-hydrogen) atoms. The molecule has 7 nitrogen and oxygen atoms in total. The lowest BCUT2D eigenvalue weighted by Crippen LogP contribution is -2.14. The van der Waals surface area contributed by atoms with Crippen LogP contribution in [0, 0.1) is 0 Å². The van der Waals surface area contributed by atoms with Crippen LogP contribution in [0.2, 0.25) is 0 Å². The summed E-state index contributed by atoms with van der Waals surface area (Å²) in [7, 11) is 1.38. The molecule has 2 rings (SSSR count). The number of methoxy groups -OCH3 is 1. The van der Waals surface area contributed by atoms with E-state index in [0.29, 0.717) is 17.8 Å². The summed E-state index contributed by atoms with van der Waals surface area (Å²) in [6.45, 7) is 2.25. The highest BCUT2D eigenvalue weighted by Crippen LogP contribution is 2.15. The number of unbranched alkanes of at least 4 members (excludes halogenated alkanes) is 10. The van der Waals surface area contributed by atoms with E-state index in [1.807, 2.05) is 0 Å². The van der Waals surface area contributed by atoms with Crippen LogP contribution in [0.4, 0.5) is 5.69 Å². The summed E-state index contributed by atoms with van der Waals surface area (Å²) in [6.07, 6.45) is 14.3. The van der Waals surface area contributed by atoms with Gasteiger partial charge in [-0.3, -0.25) is 4.79 Å². The van der Waals surface area contributed by atoms with E-state index in [4.69, 9.17) is 9.15 Å². The molecular weight excluding hydrogens is 382 g/mol. The second-order valence-electron chi connectivity index (χ2n) is 7.63. The van der Waals surface area contributed by atoms with E-state index in [1.54, 1.807) is 24.3 Å². The third kappa shape index (κ3) is 8.43. The molecule has 1 aromatic heterocycles. The van der Waals surface area contributed by atoms with Gasteiger partial charge in [-0.25, -0.2) is 4.79 Å². The molecular formula is C23H35N3O4. The number of rotatable bonds is 15. The van der Waals surface area contributed by atoms with Gasteiger partial charge < -0.3 is 14.5 Å². The van der Waals surface area contributed by atoms with Crippen molar-refractivity contribution < 1.29 is 13.9 Å². The Balaban J connectivity index is 1.59. The van der Waals surface area contributed by atoms with Gasteiger partial charge in [-0.1, -0.05) is 76.2 Å². The first-order chi connectivity index (χ1) is 14.6. The predicted molar refractivity (Wildman–Crippen MR) is 118 cm³/mol. The summed E-state index contributed by atoms with van der Waals surface area (Å²) >= 11 is 0. The number of hydrogen-bond donors (Lipinski definition) is 1. The molecule has 0 fully saturated rings. The van der Waals surface area contributed by atoms with Gasteiger partial charge in [-0.15, -0.1) is 0 Å². The zero-order valence-electron chi connectivity index (χ0n) is 18.3. The molecule has 0 radical (unpaired) electrons. The lowest BCUT2D eigenvalue weighted by atomic mass is 10.1. The number of ether oxygens (including phenoxy) is 1. The van der Waals surface area contributed by atoms with E-state index < -0.39 is 5.76 Å². The molecule has 0 saturated carbocycles. The van der Waals surface area contributed by atoms with Crippen LogP contribution in [0.5, 0.6) is 6.08 Å². The maximum absolute atomic E-state index is 12.1. The number of benzene rings is 1. The molecule has 0 saturated heterocycles. The van der Waals surface area contributed by atoms with Crippen molar-refractivity contribution in [3.05, 3.63) is 34.8 Å². The predicted octanol–water partition coefficient (Wildman–Crippen LogP) is 5.47. The summed E-state index contributed by atoms with van der Waals surface area (Å²) in [5.74, 6) is -0.612. The molecule has 0 aliphatic rings. The van der Waals surface area contributed by atoms with E-state index in [1.165, 1.54) is 64.9 Å². The SMILES string of the molecule is CCCCCCCCCCCCCC(=O)Nc1ccc(-n2nc(OC)oc2=O)cc1. The Morgan fingerprint density at radius 2 is 1.53 bits per heavy atom. The first kappa shape index (κ1) is 23.7. The van der Waals surface area contributed by atoms with Gasteiger partial charge in [0.05, 0.1) is 12.8 Å². The van der Waals surface area contributed by atoms with Crippen LogP contribution in [0.25, 0.3) is 5.69 Å². The molecule has 166 valence electrons. The Morgan fingerprint density at radius 3 is 2.07 bits per heavy atom. The van der Waals surface area contributed by atoms with Crippen molar-refractivity contribution in [2.24, 2.45) is 0 Å². The van der Waals surface area contributed by atoms with Crippen molar-refractivity contribution in [1.82, 2.24) is 9.78 Å². The number of aromatic nitrogens is 2. The minimum absolute atomic E-state index is 0.0129. The van der Waals surface area contributed by atoms with Gasteiger partial charge in [0.15, 0.2) is 0 Å². The molecule has 1 heterocycles. The third-order valence-corrected chi connectivity index (χ3v) is 5.11. The average Bonchev–Trinajstić information content (AvgIpc) is 3.13. The number of nitrogens with one attached hydrogen (secondary N) is 1. The monoisotopic (exact) mass is 417 g/mol. The number of nitrogens with zero attached hydrogens (tertiary/aromatic N) is 2. The minimum Gasteiger partial charge on any atom is -0.452 e. The molecule has 0 aliphatic carbocycles. The van der Waals surface area contributed by atoms with Crippen molar-refractivity contribution in [2.45, 2.75) is 84.0 Å². The number of carbonyl (C=O) groups excluding carboxylic acids is 1. The second kappa shape index (κ2) is 13.6. The lowest BCUT2D eigenvalue weighted by Gasteiger charge is -2.06. The summed E-state index contributed by atoms with van der Waals surface area (Å²) in [4.78, 5) is 23.8. The van der Waals surface area contributed by atoms with Crippen LogP contribution in [-0.4, -0.2) is 22.8 Å². The van der Waals surface area contributed by atoms with E-state index >= 15 is 0 Å². The number of amides is 1. The van der Waals surface area contributed by atoms with E-state index in [0.717, 1.165) is 17.5 Å². The number of carbonyl (C=O) groups is 1. The maximum Gasteiger partial charge on any atom is 0.444 e. The molecule has 2 aromatic rings. The zero-order chi connectivity index (χ0) is 21.6. The standard InChI is InChI=1S/C23H35N3O4/c1-3-4-5-6-7-8-9-10-11-12-13-14-21(27)24-19-15-17-20(18-16-19)26-23(28)30-22(25-26)29-2/h15-18H,3-14H2,1-2H3,(H,24,27). The smallest absolute Gasteiger partial charge is 0.444 e.